The molecular formula is C11H8O5S-2. The zero-order valence-electron chi connectivity index (χ0n) is 8.62. The number of hydrogen-bond acceptors (Lipinski definition) is 6. The van der Waals surface area contributed by atoms with Crippen molar-refractivity contribution in [3.05, 3.63) is 30.3 Å². The van der Waals surface area contributed by atoms with Crippen LogP contribution in [0.25, 0.3) is 0 Å². The van der Waals surface area contributed by atoms with Crippen molar-refractivity contribution in [3.63, 3.8) is 0 Å². The second kappa shape index (κ2) is 6.05. The number of carboxylic acid groups (broad SMARTS) is 2. The second-order valence-corrected chi connectivity index (χ2v) is 4.42. The van der Waals surface area contributed by atoms with E-state index in [4.69, 9.17) is 0 Å². The van der Waals surface area contributed by atoms with E-state index in [0.29, 0.717) is 4.90 Å². The zero-order chi connectivity index (χ0) is 12.8. The van der Waals surface area contributed by atoms with Crippen LogP contribution in [0.4, 0.5) is 0 Å². The molecule has 5 nitrogen and oxygen atoms in total. The van der Waals surface area contributed by atoms with Gasteiger partial charge in [-0.1, -0.05) is 18.2 Å². The molecule has 1 aromatic rings. The third-order valence-corrected chi connectivity index (χ3v) is 3.08. The normalized spacial score (nSPS) is 11.8. The fourth-order valence-electron chi connectivity index (χ4n) is 1.13. The number of ketones is 1. The predicted octanol–water partition coefficient (Wildman–Crippen LogP) is -1.39. The lowest BCUT2D eigenvalue weighted by Gasteiger charge is -2.16. The van der Waals surface area contributed by atoms with Gasteiger partial charge in [0.1, 0.15) is 5.97 Å². The molecule has 0 spiro atoms. The number of aliphatic carboxylic acids is 2. The van der Waals surface area contributed by atoms with E-state index in [1.165, 1.54) is 0 Å². The molecule has 0 bridgehead atoms. The molecular weight excluding hydrogens is 244 g/mol. The lowest BCUT2D eigenvalue weighted by atomic mass is 10.2. The van der Waals surface area contributed by atoms with Gasteiger partial charge in [-0.15, -0.1) is 11.8 Å². The highest BCUT2D eigenvalue weighted by atomic mass is 32.2. The third kappa shape index (κ3) is 4.28. The molecule has 0 saturated carbocycles. The molecule has 0 heterocycles. The number of carbonyl (C=O) groups excluding carboxylic acids is 3. The fraction of sp³-hybridized carbons (Fsp3) is 0.182. The maximum atomic E-state index is 11.2. The molecule has 1 aromatic carbocycles. The molecule has 6 heteroatoms. The van der Waals surface area contributed by atoms with Gasteiger partial charge in [-0.25, -0.2) is 0 Å². The van der Waals surface area contributed by atoms with Crippen molar-refractivity contribution in [1.29, 1.82) is 0 Å². The van der Waals surface area contributed by atoms with Crippen LogP contribution in [0.5, 0.6) is 0 Å². The van der Waals surface area contributed by atoms with E-state index >= 15 is 0 Å². The molecule has 1 atom stereocenters. The summed E-state index contributed by atoms with van der Waals surface area (Å²) in [5.41, 5.74) is 0. The van der Waals surface area contributed by atoms with Gasteiger partial charge in [0.05, 0.1) is 5.25 Å². The molecule has 90 valence electrons. The van der Waals surface area contributed by atoms with Crippen LogP contribution in [0.1, 0.15) is 6.42 Å². The van der Waals surface area contributed by atoms with Gasteiger partial charge in [-0.3, -0.25) is 4.79 Å². The number of rotatable bonds is 6. The molecule has 0 aliphatic rings. The SMILES string of the molecule is O=C([O-])CC(Sc1ccccc1)C(=O)C(=O)[O-]. The van der Waals surface area contributed by atoms with Gasteiger partial charge in [-0.2, -0.15) is 0 Å². The summed E-state index contributed by atoms with van der Waals surface area (Å²) in [5, 5.41) is 19.6. The van der Waals surface area contributed by atoms with E-state index in [9.17, 15) is 24.6 Å². The minimum absolute atomic E-state index is 0.605. The van der Waals surface area contributed by atoms with Gasteiger partial charge >= 0.3 is 0 Å². The van der Waals surface area contributed by atoms with Crippen LogP contribution in [0.3, 0.4) is 0 Å². The summed E-state index contributed by atoms with van der Waals surface area (Å²) < 4.78 is 0. The smallest absolute Gasteiger partial charge is 0.191 e. The van der Waals surface area contributed by atoms with Crippen LogP contribution >= 0.6 is 11.8 Å². The fourth-order valence-corrected chi connectivity index (χ4v) is 2.20. The lowest BCUT2D eigenvalue weighted by molar-refractivity contribution is -0.305. The maximum absolute atomic E-state index is 11.2. The van der Waals surface area contributed by atoms with Crippen molar-refractivity contribution in [2.75, 3.05) is 0 Å². The van der Waals surface area contributed by atoms with Crippen LogP contribution < -0.4 is 10.2 Å². The van der Waals surface area contributed by atoms with E-state index in [2.05, 4.69) is 0 Å². The Bertz CT molecular complexity index is 429. The number of benzene rings is 1. The van der Waals surface area contributed by atoms with E-state index in [1.54, 1.807) is 30.3 Å². The first kappa shape index (κ1) is 13.2. The Kier molecular flexibility index (Phi) is 4.71. The lowest BCUT2D eigenvalue weighted by Crippen LogP contribution is -2.40. The summed E-state index contributed by atoms with van der Waals surface area (Å²) in [7, 11) is 0. The molecule has 0 aromatic heterocycles. The Morgan fingerprint density at radius 1 is 1.12 bits per heavy atom. The standard InChI is InChI=1S/C11H10O5S/c12-9(13)6-8(10(14)11(15)16)17-7-4-2-1-3-5-7/h1-5,8H,6H2,(H,12,13)(H,15,16)/p-2. The van der Waals surface area contributed by atoms with Crippen molar-refractivity contribution in [3.8, 4) is 0 Å². The number of thioether (sulfide) groups is 1. The van der Waals surface area contributed by atoms with E-state index in [0.717, 1.165) is 11.8 Å². The molecule has 0 saturated heterocycles. The largest absolute Gasteiger partial charge is 0.550 e. The van der Waals surface area contributed by atoms with Gasteiger partial charge in [0.15, 0.2) is 5.78 Å². The first-order chi connectivity index (χ1) is 8.00. The van der Waals surface area contributed by atoms with Crippen LogP contribution in [-0.2, 0) is 14.4 Å². The van der Waals surface area contributed by atoms with Crippen LogP contribution in [-0.4, -0.2) is 23.0 Å². The Balaban J connectivity index is 2.81. The van der Waals surface area contributed by atoms with Crippen LogP contribution in [0.15, 0.2) is 35.2 Å². The number of Topliss-reactive ketones (excluding diaryl/α,β-unsaturated/α-hetero) is 1. The Hall–Kier alpha value is -1.82. The first-order valence-electron chi connectivity index (χ1n) is 4.67. The summed E-state index contributed by atoms with van der Waals surface area (Å²) in [6, 6.07) is 8.44. The van der Waals surface area contributed by atoms with Gasteiger partial charge in [-0.05, 0) is 12.1 Å². The van der Waals surface area contributed by atoms with Crippen molar-refractivity contribution < 1.29 is 24.6 Å². The highest BCUT2D eigenvalue weighted by Crippen LogP contribution is 2.25. The Morgan fingerprint density at radius 2 is 1.71 bits per heavy atom. The Morgan fingerprint density at radius 3 is 2.18 bits per heavy atom. The summed E-state index contributed by atoms with van der Waals surface area (Å²) in [6.07, 6.45) is -0.660. The first-order valence-corrected chi connectivity index (χ1v) is 5.55. The molecule has 0 radical (unpaired) electrons. The highest BCUT2D eigenvalue weighted by Gasteiger charge is 2.20. The molecule has 0 amide bonds. The number of carboxylic acids is 2. The van der Waals surface area contributed by atoms with E-state index in [1.807, 2.05) is 0 Å². The highest BCUT2D eigenvalue weighted by molar-refractivity contribution is 8.00. The van der Waals surface area contributed by atoms with E-state index < -0.39 is 29.4 Å². The van der Waals surface area contributed by atoms with Crippen LogP contribution in [0, 0.1) is 0 Å². The minimum Gasteiger partial charge on any atom is -0.550 e. The quantitative estimate of drug-likeness (QED) is 0.456. The monoisotopic (exact) mass is 252 g/mol. The third-order valence-electron chi connectivity index (χ3n) is 1.87. The molecule has 17 heavy (non-hydrogen) atoms. The van der Waals surface area contributed by atoms with Gasteiger partial charge in [0, 0.05) is 17.3 Å². The van der Waals surface area contributed by atoms with E-state index in [-0.39, 0.29) is 0 Å². The van der Waals surface area contributed by atoms with Gasteiger partial charge in [0.25, 0.3) is 0 Å². The molecule has 0 aliphatic carbocycles. The average molecular weight is 252 g/mol. The number of hydrogen-bond donors (Lipinski definition) is 0. The molecule has 1 rings (SSSR count). The second-order valence-electron chi connectivity index (χ2n) is 3.15. The molecule has 1 unspecified atom stereocenters. The number of carbonyl (C=O) groups is 3. The predicted molar refractivity (Wildman–Crippen MR) is 55.7 cm³/mol. The summed E-state index contributed by atoms with van der Waals surface area (Å²) in [6.45, 7) is 0. The van der Waals surface area contributed by atoms with Crippen molar-refractivity contribution in [2.24, 2.45) is 0 Å². The van der Waals surface area contributed by atoms with Crippen molar-refractivity contribution in [2.45, 2.75) is 16.6 Å². The maximum Gasteiger partial charge on any atom is 0.191 e. The molecule has 0 N–H and O–H groups in total. The van der Waals surface area contributed by atoms with Gasteiger partial charge < -0.3 is 19.8 Å². The molecule has 0 aliphatic heterocycles. The molecule has 0 fully saturated rings. The summed E-state index contributed by atoms with van der Waals surface area (Å²) >= 11 is 0.862. The topological polar surface area (TPSA) is 97.3 Å². The summed E-state index contributed by atoms with van der Waals surface area (Å²) in [4.78, 5) is 32.7. The van der Waals surface area contributed by atoms with Crippen molar-refractivity contribution in [1.82, 2.24) is 0 Å². The zero-order valence-corrected chi connectivity index (χ0v) is 9.44. The van der Waals surface area contributed by atoms with Crippen LogP contribution in [0.2, 0.25) is 0 Å². The minimum atomic E-state index is -1.89. The average Bonchev–Trinajstić information content (AvgIpc) is 2.28. The van der Waals surface area contributed by atoms with Crippen molar-refractivity contribution >= 4 is 29.5 Å². The summed E-state index contributed by atoms with van der Waals surface area (Å²) in [5.74, 6) is -4.62. The van der Waals surface area contributed by atoms with Gasteiger partial charge in [0.2, 0.25) is 0 Å². The Labute approximate surface area is 101 Å².